The van der Waals surface area contributed by atoms with Gasteiger partial charge < -0.3 is 4.74 Å². The molecule has 0 aromatic carbocycles. The third-order valence-electron chi connectivity index (χ3n) is 1.54. The molecule has 0 spiro atoms. The highest BCUT2D eigenvalue weighted by Crippen LogP contribution is 2.22. The van der Waals surface area contributed by atoms with Crippen molar-refractivity contribution < 1.29 is 4.74 Å². The Morgan fingerprint density at radius 3 is 2.10 bits per heavy atom. The molecule has 1 fully saturated rings. The van der Waals surface area contributed by atoms with Crippen LogP contribution in [-0.4, -0.2) is 20.3 Å². The fourth-order valence-corrected chi connectivity index (χ4v) is 1.55. The van der Waals surface area contributed by atoms with Crippen LogP contribution in [0.15, 0.2) is 11.8 Å². The van der Waals surface area contributed by atoms with Crippen LogP contribution in [-0.2, 0) is 4.74 Å². The Morgan fingerprint density at radius 2 is 1.80 bits per heavy atom. The summed E-state index contributed by atoms with van der Waals surface area (Å²) in [4.78, 5) is 0. The molecular formula is C8H16OSi. The van der Waals surface area contributed by atoms with E-state index in [0.717, 1.165) is 0 Å². The zero-order valence-electron chi connectivity index (χ0n) is 7.22. The first-order valence-corrected chi connectivity index (χ1v) is 7.41. The van der Waals surface area contributed by atoms with E-state index >= 15 is 0 Å². The van der Waals surface area contributed by atoms with Gasteiger partial charge >= 0.3 is 0 Å². The molecule has 1 saturated heterocycles. The Kier molecular flexibility index (Phi) is 2.01. The van der Waals surface area contributed by atoms with Crippen LogP contribution in [0, 0.1) is 0 Å². The lowest BCUT2D eigenvalue weighted by Gasteiger charge is -2.06. The van der Waals surface area contributed by atoms with E-state index in [-0.39, 0.29) is 0 Å². The minimum Gasteiger partial charge on any atom is -0.365 e. The van der Waals surface area contributed by atoms with Gasteiger partial charge in [0.2, 0.25) is 0 Å². The maximum Gasteiger partial charge on any atom is 0.102 e. The number of rotatable bonds is 2. The molecule has 1 aliphatic heterocycles. The Balaban J connectivity index is 2.31. The largest absolute Gasteiger partial charge is 0.365 e. The molecule has 0 saturated carbocycles. The third-order valence-corrected chi connectivity index (χ3v) is 2.74. The molecule has 1 aliphatic rings. The SMILES string of the molecule is C[C@@H]1O[C@@H]1/C=C/[Si](C)(C)C. The number of hydrogen-bond acceptors (Lipinski definition) is 1. The van der Waals surface area contributed by atoms with Crippen molar-refractivity contribution in [3.8, 4) is 0 Å². The van der Waals surface area contributed by atoms with E-state index in [1.807, 2.05) is 0 Å². The lowest BCUT2D eigenvalue weighted by molar-refractivity contribution is 0.400. The highest BCUT2D eigenvalue weighted by atomic mass is 28.3. The highest BCUT2D eigenvalue weighted by molar-refractivity contribution is 6.80. The van der Waals surface area contributed by atoms with Crippen LogP contribution in [0.4, 0.5) is 0 Å². The number of epoxide rings is 1. The van der Waals surface area contributed by atoms with Gasteiger partial charge in [-0.1, -0.05) is 31.4 Å². The summed E-state index contributed by atoms with van der Waals surface area (Å²) < 4.78 is 5.25. The quantitative estimate of drug-likeness (QED) is 0.441. The van der Waals surface area contributed by atoms with E-state index in [4.69, 9.17) is 4.74 Å². The summed E-state index contributed by atoms with van der Waals surface area (Å²) in [6.07, 6.45) is 3.14. The Bertz CT molecular complexity index is 146. The molecule has 10 heavy (non-hydrogen) atoms. The first kappa shape index (κ1) is 8.02. The molecule has 0 N–H and O–H groups in total. The zero-order valence-corrected chi connectivity index (χ0v) is 8.22. The summed E-state index contributed by atoms with van der Waals surface area (Å²) in [6, 6.07) is 0. The molecule has 0 aromatic rings. The van der Waals surface area contributed by atoms with Crippen molar-refractivity contribution >= 4 is 8.07 Å². The van der Waals surface area contributed by atoms with Gasteiger partial charge in [-0.05, 0) is 6.92 Å². The average molecular weight is 156 g/mol. The molecule has 0 bridgehead atoms. The highest BCUT2D eigenvalue weighted by Gasteiger charge is 2.31. The van der Waals surface area contributed by atoms with E-state index in [9.17, 15) is 0 Å². The van der Waals surface area contributed by atoms with Gasteiger partial charge in [0.1, 0.15) is 6.10 Å². The van der Waals surface area contributed by atoms with Gasteiger partial charge in [0.25, 0.3) is 0 Å². The Morgan fingerprint density at radius 1 is 1.30 bits per heavy atom. The van der Waals surface area contributed by atoms with Gasteiger partial charge in [-0.25, -0.2) is 0 Å². The van der Waals surface area contributed by atoms with Crippen molar-refractivity contribution in [3.63, 3.8) is 0 Å². The molecule has 0 unspecified atom stereocenters. The summed E-state index contributed by atoms with van der Waals surface area (Å²) in [5.74, 6) is 0. The topological polar surface area (TPSA) is 12.5 Å². The van der Waals surface area contributed by atoms with Crippen LogP contribution in [0.2, 0.25) is 19.6 Å². The van der Waals surface area contributed by atoms with Crippen LogP contribution in [0.3, 0.4) is 0 Å². The molecule has 0 radical (unpaired) electrons. The molecule has 0 aromatic heterocycles. The monoisotopic (exact) mass is 156 g/mol. The van der Waals surface area contributed by atoms with E-state index in [0.29, 0.717) is 12.2 Å². The van der Waals surface area contributed by atoms with Gasteiger partial charge in [-0.2, -0.15) is 0 Å². The molecular weight excluding hydrogens is 140 g/mol. The number of hydrogen-bond donors (Lipinski definition) is 0. The second kappa shape index (κ2) is 2.51. The predicted octanol–water partition coefficient (Wildman–Crippen LogP) is 2.21. The molecule has 2 atom stereocenters. The first-order chi connectivity index (χ1) is 4.49. The normalized spacial score (nSPS) is 33.2. The standard InChI is InChI=1S/C8H16OSi/c1-7-8(9-7)5-6-10(2,3)4/h5-8H,1-4H3/b6-5+/t7-,8+/m0/s1. The summed E-state index contributed by atoms with van der Waals surface area (Å²) in [7, 11) is -0.970. The fraction of sp³-hybridized carbons (Fsp3) is 0.750. The van der Waals surface area contributed by atoms with E-state index in [1.165, 1.54) is 0 Å². The second-order valence-electron chi connectivity index (χ2n) is 4.03. The minimum absolute atomic E-state index is 0.437. The lowest BCUT2D eigenvalue weighted by Crippen LogP contribution is -2.15. The Labute approximate surface area is 64.1 Å². The molecule has 1 rings (SSSR count). The fourth-order valence-electron chi connectivity index (χ4n) is 0.788. The predicted molar refractivity (Wildman–Crippen MR) is 46.8 cm³/mol. The molecule has 2 heteroatoms. The second-order valence-corrected chi connectivity index (χ2v) is 9.10. The zero-order chi connectivity index (χ0) is 7.78. The first-order valence-electron chi connectivity index (χ1n) is 3.84. The minimum atomic E-state index is -0.970. The van der Waals surface area contributed by atoms with E-state index < -0.39 is 8.07 Å². The van der Waals surface area contributed by atoms with Gasteiger partial charge in [0.15, 0.2) is 0 Å². The van der Waals surface area contributed by atoms with Crippen molar-refractivity contribution in [1.82, 2.24) is 0 Å². The summed E-state index contributed by atoms with van der Waals surface area (Å²) in [5, 5.41) is 0. The van der Waals surface area contributed by atoms with Gasteiger partial charge in [-0.15, -0.1) is 0 Å². The smallest absolute Gasteiger partial charge is 0.102 e. The van der Waals surface area contributed by atoms with E-state index in [1.54, 1.807) is 0 Å². The lowest BCUT2D eigenvalue weighted by atomic mass is 10.3. The molecule has 1 nitrogen and oxygen atoms in total. The van der Waals surface area contributed by atoms with Crippen molar-refractivity contribution in [2.75, 3.05) is 0 Å². The molecule has 0 aliphatic carbocycles. The maximum atomic E-state index is 5.25. The van der Waals surface area contributed by atoms with Crippen LogP contribution in [0.25, 0.3) is 0 Å². The molecule has 0 amide bonds. The average Bonchev–Trinajstić information content (AvgIpc) is 2.40. The van der Waals surface area contributed by atoms with Gasteiger partial charge in [0, 0.05) is 0 Å². The van der Waals surface area contributed by atoms with Crippen LogP contribution < -0.4 is 0 Å². The van der Waals surface area contributed by atoms with Crippen molar-refractivity contribution in [1.29, 1.82) is 0 Å². The van der Waals surface area contributed by atoms with Crippen LogP contribution in [0.1, 0.15) is 6.92 Å². The molecule has 58 valence electrons. The van der Waals surface area contributed by atoms with Crippen molar-refractivity contribution in [3.05, 3.63) is 11.8 Å². The van der Waals surface area contributed by atoms with E-state index in [2.05, 4.69) is 38.3 Å². The third kappa shape index (κ3) is 2.67. The van der Waals surface area contributed by atoms with Crippen molar-refractivity contribution in [2.24, 2.45) is 0 Å². The summed E-state index contributed by atoms with van der Waals surface area (Å²) >= 11 is 0. The molecule has 1 heterocycles. The van der Waals surface area contributed by atoms with Crippen LogP contribution in [0.5, 0.6) is 0 Å². The van der Waals surface area contributed by atoms with Gasteiger partial charge in [-0.3, -0.25) is 0 Å². The summed E-state index contributed by atoms with van der Waals surface area (Å²) in [5.41, 5.74) is 2.35. The van der Waals surface area contributed by atoms with Crippen LogP contribution >= 0.6 is 0 Å². The van der Waals surface area contributed by atoms with Crippen molar-refractivity contribution in [2.45, 2.75) is 38.8 Å². The maximum absolute atomic E-state index is 5.25. The van der Waals surface area contributed by atoms with Gasteiger partial charge in [0.05, 0.1) is 14.2 Å². The summed E-state index contributed by atoms with van der Waals surface area (Å²) in [6.45, 7) is 9.10. The Hall–Kier alpha value is -0.0831. The number of ether oxygens (including phenoxy) is 1.